The highest BCUT2D eigenvalue weighted by Gasteiger charge is 2.40. The molecule has 6 rings (SSSR count). The number of hydrogen-bond donors (Lipinski definition) is 1. The van der Waals surface area contributed by atoms with Crippen molar-refractivity contribution < 1.29 is 20.5 Å². The molecule has 1 saturated heterocycles. The number of nitrogens with one attached hydrogen (secondary N) is 1. The molecule has 37 heavy (non-hydrogen) atoms. The van der Waals surface area contributed by atoms with Crippen molar-refractivity contribution in [2.24, 2.45) is 0 Å². The Morgan fingerprint density at radius 1 is 0.892 bits per heavy atom. The van der Waals surface area contributed by atoms with Crippen LogP contribution in [-0.2, 0) is 42.3 Å². The monoisotopic (exact) mass is 497 g/mol. The van der Waals surface area contributed by atoms with Crippen LogP contribution in [0, 0.1) is 0 Å². The van der Waals surface area contributed by atoms with Gasteiger partial charge in [0, 0.05) is 38.6 Å². The lowest BCUT2D eigenvalue weighted by Gasteiger charge is -2.29. The van der Waals surface area contributed by atoms with Gasteiger partial charge >= 0.3 is 0 Å². The molecule has 1 N–H and O–H groups in total. The van der Waals surface area contributed by atoms with Crippen LogP contribution in [0.1, 0.15) is 52.4 Å². The first-order valence-electron chi connectivity index (χ1n) is 12.8. The summed E-state index contributed by atoms with van der Waals surface area (Å²) in [6.45, 7) is 3.58. The maximum absolute atomic E-state index is 13.1. The van der Waals surface area contributed by atoms with Gasteiger partial charge in [-0.25, -0.2) is 0 Å². The number of rotatable bonds is 6. The molecular weight excluding hydrogens is 466 g/mol. The lowest BCUT2D eigenvalue weighted by molar-refractivity contribution is -0.136. The molecular formula is C30H31N3O4. The van der Waals surface area contributed by atoms with Crippen molar-refractivity contribution in [2.45, 2.75) is 51.5 Å². The molecule has 1 fully saturated rings. The molecule has 0 radical (unpaired) electrons. The number of hydrogen-bond acceptors (Lipinski definition) is 5. The molecule has 0 saturated carbocycles. The molecule has 0 aromatic heterocycles. The molecule has 7 nitrogen and oxygen atoms in total. The highest BCUT2D eigenvalue weighted by Crippen LogP contribution is 2.34. The molecule has 1 atom stereocenters. The zero-order valence-corrected chi connectivity index (χ0v) is 20.6. The van der Waals surface area contributed by atoms with E-state index in [1.165, 1.54) is 16.7 Å². The Hall–Kier alpha value is -3.97. The van der Waals surface area contributed by atoms with Crippen LogP contribution < -0.4 is 10.1 Å². The fourth-order valence-electron chi connectivity index (χ4n) is 5.62. The van der Waals surface area contributed by atoms with E-state index in [1.54, 1.807) is 11.0 Å². The number of ether oxygens (including phenoxy) is 1. The molecule has 3 aliphatic heterocycles. The van der Waals surface area contributed by atoms with Gasteiger partial charge in [0.2, 0.25) is 11.8 Å². The second-order valence-electron chi connectivity index (χ2n) is 10.0. The van der Waals surface area contributed by atoms with Crippen molar-refractivity contribution in [1.29, 1.82) is 0 Å². The van der Waals surface area contributed by atoms with Gasteiger partial charge in [0.25, 0.3) is 5.91 Å². The summed E-state index contributed by atoms with van der Waals surface area (Å²) in [4.78, 5) is 41.0. The number of benzene rings is 3. The van der Waals surface area contributed by atoms with E-state index < -0.39 is 11.9 Å². The molecule has 7 heteroatoms. The summed E-state index contributed by atoms with van der Waals surface area (Å²) in [7, 11) is 0. The molecule has 0 spiro atoms. The summed E-state index contributed by atoms with van der Waals surface area (Å²) in [5, 5.41) is 2.35. The van der Waals surface area contributed by atoms with Gasteiger partial charge in [-0.3, -0.25) is 24.6 Å². The molecule has 0 bridgehead atoms. The maximum Gasteiger partial charge on any atom is 0.255 e. The molecule has 3 aliphatic rings. The highest BCUT2D eigenvalue weighted by molar-refractivity contribution is 6.05. The van der Waals surface area contributed by atoms with Crippen LogP contribution in [-0.4, -0.2) is 40.1 Å². The third-order valence-corrected chi connectivity index (χ3v) is 7.54. The molecule has 3 aromatic rings. The van der Waals surface area contributed by atoms with E-state index in [9.17, 15) is 14.4 Å². The van der Waals surface area contributed by atoms with Gasteiger partial charge in [0.15, 0.2) is 0 Å². The van der Waals surface area contributed by atoms with E-state index in [-0.39, 0.29) is 19.7 Å². The highest BCUT2D eigenvalue weighted by atomic mass is 16.5. The van der Waals surface area contributed by atoms with Crippen LogP contribution in [0.15, 0.2) is 66.7 Å². The second-order valence-corrected chi connectivity index (χ2v) is 10.0. The molecule has 3 amide bonds. The molecule has 3 heterocycles. The van der Waals surface area contributed by atoms with Gasteiger partial charge in [-0.15, -0.1) is 0 Å². The smallest absolute Gasteiger partial charge is 0.255 e. The number of amides is 3. The van der Waals surface area contributed by atoms with Crippen molar-refractivity contribution in [3.63, 3.8) is 0 Å². The van der Waals surface area contributed by atoms with Gasteiger partial charge in [-0.05, 0) is 47.2 Å². The average molecular weight is 498 g/mol. The van der Waals surface area contributed by atoms with Crippen LogP contribution in [0.2, 0.25) is 0 Å². The Morgan fingerprint density at radius 3 is 2.57 bits per heavy atom. The number of fused-ring (bicyclic) bond motifs is 2. The third-order valence-electron chi connectivity index (χ3n) is 7.54. The number of nitrogens with zero attached hydrogens (tertiary/aromatic N) is 2. The van der Waals surface area contributed by atoms with Gasteiger partial charge < -0.3 is 9.64 Å². The zero-order valence-electron chi connectivity index (χ0n) is 20.6. The first-order chi connectivity index (χ1) is 18.0. The van der Waals surface area contributed by atoms with E-state index in [0.717, 1.165) is 37.2 Å². The number of carbonyl (C=O) groups excluding carboxylic acids is 3. The second kappa shape index (κ2) is 9.82. The van der Waals surface area contributed by atoms with Gasteiger partial charge in [-0.2, -0.15) is 0 Å². The lowest BCUT2D eigenvalue weighted by Crippen LogP contribution is -2.52. The van der Waals surface area contributed by atoms with Crippen molar-refractivity contribution in [3.8, 4) is 5.75 Å². The van der Waals surface area contributed by atoms with Crippen molar-refractivity contribution in [3.05, 3.63) is 100 Å². The molecule has 1 unspecified atom stereocenters. The van der Waals surface area contributed by atoms with E-state index >= 15 is 0 Å². The van der Waals surface area contributed by atoms with Crippen LogP contribution in [0.4, 0.5) is 0 Å². The summed E-state index contributed by atoms with van der Waals surface area (Å²) in [5.41, 5.74) is 6.52. The molecule has 3 aromatic carbocycles. The van der Waals surface area contributed by atoms with E-state index in [4.69, 9.17) is 4.74 Å². The zero-order chi connectivity index (χ0) is 25.4. The normalized spacial score (nSPS) is 19.4. The van der Waals surface area contributed by atoms with Crippen molar-refractivity contribution in [1.82, 2.24) is 15.1 Å². The Kier molecular flexibility index (Phi) is 6.22. The largest absolute Gasteiger partial charge is 0.489 e. The summed E-state index contributed by atoms with van der Waals surface area (Å²) in [6, 6.07) is 21.9. The SMILES string of the molecule is O=C1CCC(N2Cc3c(OCc4cccc(CN5CCc6ccccc6C5)c4)cccc3C2=O)C(=O)N1.[HH]. The predicted octanol–water partition coefficient (Wildman–Crippen LogP) is 3.83. The number of imide groups is 1. The lowest BCUT2D eigenvalue weighted by atomic mass is 9.99. The van der Waals surface area contributed by atoms with Crippen LogP contribution in [0.5, 0.6) is 5.75 Å². The maximum atomic E-state index is 13.1. The average Bonchev–Trinajstić information content (AvgIpc) is 3.24. The van der Waals surface area contributed by atoms with Crippen LogP contribution in [0.3, 0.4) is 0 Å². The minimum atomic E-state index is -0.635. The van der Waals surface area contributed by atoms with Gasteiger partial charge in [0.05, 0.1) is 6.54 Å². The summed E-state index contributed by atoms with van der Waals surface area (Å²) < 4.78 is 6.21. The molecule has 190 valence electrons. The quantitative estimate of drug-likeness (QED) is 0.524. The minimum Gasteiger partial charge on any atom is -0.489 e. The Bertz CT molecular complexity index is 1390. The Morgan fingerprint density at radius 2 is 1.70 bits per heavy atom. The Balaban J connectivity index is 0.00000294. The van der Waals surface area contributed by atoms with E-state index in [1.807, 2.05) is 12.1 Å². The van der Waals surface area contributed by atoms with Gasteiger partial charge in [-0.1, -0.05) is 54.6 Å². The van der Waals surface area contributed by atoms with Crippen LogP contribution in [0.25, 0.3) is 0 Å². The fraction of sp³-hybridized carbons (Fsp3) is 0.300. The third kappa shape index (κ3) is 4.74. The van der Waals surface area contributed by atoms with E-state index in [0.29, 0.717) is 30.9 Å². The van der Waals surface area contributed by atoms with Crippen molar-refractivity contribution in [2.75, 3.05) is 6.54 Å². The van der Waals surface area contributed by atoms with E-state index in [2.05, 4.69) is 58.7 Å². The topological polar surface area (TPSA) is 79.0 Å². The standard InChI is InChI=1S/C30H29N3O4.H2/c34-28-12-11-26(29(35)31-28)33-18-25-24(30(33)36)9-4-10-27(25)37-19-21-6-3-5-20(15-21)16-32-14-13-22-7-1-2-8-23(22)17-32;/h1-10,15,26H,11-14,16-19H2,(H,31,34,35);1H. The van der Waals surface area contributed by atoms with Crippen LogP contribution >= 0.6 is 0 Å². The fourth-order valence-corrected chi connectivity index (χ4v) is 5.62. The minimum absolute atomic E-state index is 0. The predicted molar refractivity (Wildman–Crippen MR) is 140 cm³/mol. The summed E-state index contributed by atoms with van der Waals surface area (Å²) in [6.07, 6.45) is 1.66. The summed E-state index contributed by atoms with van der Waals surface area (Å²) >= 11 is 0. The summed E-state index contributed by atoms with van der Waals surface area (Å²) in [5.74, 6) is -0.241. The number of carbonyl (C=O) groups is 3. The molecule has 0 aliphatic carbocycles. The van der Waals surface area contributed by atoms with Gasteiger partial charge in [0.1, 0.15) is 18.4 Å². The van der Waals surface area contributed by atoms with Crippen molar-refractivity contribution >= 4 is 17.7 Å². The Labute approximate surface area is 217 Å². The first-order valence-corrected chi connectivity index (χ1v) is 12.8. The number of piperidine rings is 1. The first kappa shape index (κ1) is 23.4.